The van der Waals surface area contributed by atoms with Gasteiger partial charge in [-0.25, -0.2) is 0 Å². The summed E-state index contributed by atoms with van der Waals surface area (Å²) < 4.78 is 0. The minimum atomic E-state index is -0.823. The van der Waals surface area contributed by atoms with Crippen molar-refractivity contribution < 1.29 is 19.5 Å². The number of hydrogen-bond donors (Lipinski definition) is 2. The third-order valence-corrected chi connectivity index (χ3v) is 5.01. The average molecular weight is 395 g/mol. The molecule has 0 aliphatic carbocycles. The first kappa shape index (κ1) is 21.2. The van der Waals surface area contributed by atoms with Gasteiger partial charge in [-0.05, 0) is 36.0 Å². The van der Waals surface area contributed by atoms with Crippen molar-refractivity contribution in [1.82, 2.24) is 4.90 Å². The first-order valence-corrected chi connectivity index (χ1v) is 9.47. The number of amides is 2. The number of halogens is 1. The second-order valence-electron chi connectivity index (χ2n) is 8.44. The number of hydrogen-bond acceptors (Lipinski definition) is 3. The van der Waals surface area contributed by atoms with Gasteiger partial charge in [-0.2, -0.15) is 0 Å². The van der Waals surface area contributed by atoms with Crippen LogP contribution in [0.15, 0.2) is 18.2 Å². The third-order valence-electron chi connectivity index (χ3n) is 4.68. The van der Waals surface area contributed by atoms with E-state index in [-0.39, 0.29) is 23.1 Å². The van der Waals surface area contributed by atoms with Crippen LogP contribution in [-0.2, 0) is 9.59 Å². The summed E-state index contributed by atoms with van der Waals surface area (Å²) in [6.45, 7) is 8.51. The molecule has 6 nitrogen and oxygen atoms in total. The number of anilines is 1. The monoisotopic (exact) mass is 394 g/mol. The zero-order valence-corrected chi connectivity index (χ0v) is 17.0. The number of nitrogens with zero attached hydrogens (tertiary/aromatic N) is 1. The van der Waals surface area contributed by atoms with Crippen LogP contribution in [0.2, 0.25) is 5.02 Å². The van der Waals surface area contributed by atoms with E-state index in [2.05, 4.69) is 5.32 Å². The van der Waals surface area contributed by atoms with E-state index in [1.807, 2.05) is 27.7 Å². The lowest BCUT2D eigenvalue weighted by Gasteiger charge is -2.35. The molecule has 2 atom stereocenters. The van der Waals surface area contributed by atoms with E-state index in [4.69, 9.17) is 11.6 Å². The standard InChI is InChI=1S/C20H27ClN2O4/c1-12-11-23(8-7-14(12)19(26)27)18(25)15-9-13(5-6-16(15)21)22-17(24)10-20(2,3)4/h5-6,9,12,14H,7-8,10-11H2,1-4H3,(H,22,24)(H,26,27). The van der Waals surface area contributed by atoms with Crippen molar-refractivity contribution in [3.05, 3.63) is 28.8 Å². The highest BCUT2D eigenvalue weighted by Gasteiger charge is 2.33. The number of carbonyl (C=O) groups is 3. The lowest BCUT2D eigenvalue weighted by Crippen LogP contribution is -2.45. The van der Waals surface area contributed by atoms with Gasteiger partial charge >= 0.3 is 5.97 Å². The Morgan fingerprint density at radius 3 is 2.52 bits per heavy atom. The van der Waals surface area contributed by atoms with Crippen LogP contribution in [0.4, 0.5) is 5.69 Å². The molecule has 1 aromatic rings. The lowest BCUT2D eigenvalue weighted by molar-refractivity contribution is -0.145. The van der Waals surface area contributed by atoms with Crippen molar-refractivity contribution in [3.8, 4) is 0 Å². The number of nitrogens with one attached hydrogen (secondary N) is 1. The molecular formula is C20H27ClN2O4. The fraction of sp³-hybridized carbons (Fsp3) is 0.550. The molecule has 2 amide bonds. The smallest absolute Gasteiger partial charge is 0.306 e. The van der Waals surface area contributed by atoms with Crippen LogP contribution in [0.5, 0.6) is 0 Å². The molecule has 148 valence electrons. The second-order valence-corrected chi connectivity index (χ2v) is 8.85. The van der Waals surface area contributed by atoms with Crippen molar-refractivity contribution >= 4 is 35.1 Å². The van der Waals surface area contributed by atoms with Gasteiger partial charge in [-0.1, -0.05) is 39.3 Å². The predicted molar refractivity (Wildman–Crippen MR) is 105 cm³/mol. The molecule has 2 unspecified atom stereocenters. The fourth-order valence-electron chi connectivity index (χ4n) is 3.32. The predicted octanol–water partition coefficient (Wildman–Crippen LogP) is 3.90. The van der Waals surface area contributed by atoms with Crippen molar-refractivity contribution in [2.75, 3.05) is 18.4 Å². The minimum absolute atomic E-state index is 0.126. The Balaban J connectivity index is 2.12. The Morgan fingerprint density at radius 2 is 1.96 bits per heavy atom. The number of likely N-dealkylation sites (tertiary alicyclic amines) is 1. The molecule has 7 heteroatoms. The van der Waals surface area contributed by atoms with Crippen LogP contribution in [0.25, 0.3) is 0 Å². The van der Waals surface area contributed by atoms with Crippen LogP contribution in [0.3, 0.4) is 0 Å². The van der Waals surface area contributed by atoms with Gasteiger partial charge in [0.1, 0.15) is 0 Å². The number of rotatable bonds is 4. The van der Waals surface area contributed by atoms with E-state index in [1.165, 1.54) is 0 Å². The molecule has 1 aliphatic heterocycles. The molecule has 1 heterocycles. The van der Waals surface area contributed by atoms with Gasteiger partial charge in [-0.3, -0.25) is 14.4 Å². The normalized spacial score (nSPS) is 20.3. The average Bonchev–Trinajstić information content (AvgIpc) is 2.53. The summed E-state index contributed by atoms with van der Waals surface area (Å²) >= 11 is 6.21. The van der Waals surface area contributed by atoms with Gasteiger partial charge in [-0.15, -0.1) is 0 Å². The first-order valence-electron chi connectivity index (χ1n) is 9.09. The Labute approximate surface area is 164 Å². The summed E-state index contributed by atoms with van der Waals surface area (Å²) in [4.78, 5) is 37.9. The van der Waals surface area contributed by atoms with Crippen LogP contribution < -0.4 is 5.32 Å². The van der Waals surface area contributed by atoms with E-state index in [0.29, 0.717) is 42.2 Å². The number of aliphatic carboxylic acids is 1. The maximum Gasteiger partial charge on any atom is 0.306 e. The number of carboxylic acids is 1. The largest absolute Gasteiger partial charge is 0.481 e. The minimum Gasteiger partial charge on any atom is -0.481 e. The van der Waals surface area contributed by atoms with Gasteiger partial charge in [0.05, 0.1) is 16.5 Å². The zero-order chi connectivity index (χ0) is 20.4. The highest BCUT2D eigenvalue weighted by atomic mass is 35.5. The van der Waals surface area contributed by atoms with Crippen LogP contribution in [0, 0.1) is 17.3 Å². The summed E-state index contributed by atoms with van der Waals surface area (Å²) in [6.07, 6.45) is 0.779. The number of benzene rings is 1. The molecule has 27 heavy (non-hydrogen) atoms. The molecule has 0 spiro atoms. The summed E-state index contributed by atoms with van der Waals surface area (Å²) in [5.41, 5.74) is 0.691. The molecule has 1 saturated heterocycles. The summed E-state index contributed by atoms with van der Waals surface area (Å²) in [5.74, 6) is -1.76. The Morgan fingerprint density at radius 1 is 1.30 bits per heavy atom. The molecule has 1 aliphatic rings. The molecule has 1 aromatic carbocycles. The van der Waals surface area contributed by atoms with Crippen molar-refractivity contribution in [2.45, 2.75) is 40.5 Å². The molecule has 2 N–H and O–H groups in total. The quantitative estimate of drug-likeness (QED) is 0.810. The van der Waals surface area contributed by atoms with E-state index >= 15 is 0 Å². The van der Waals surface area contributed by atoms with E-state index in [9.17, 15) is 19.5 Å². The van der Waals surface area contributed by atoms with Crippen molar-refractivity contribution in [3.63, 3.8) is 0 Å². The lowest BCUT2D eigenvalue weighted by atomic mass is 9.87. The Hall–Kier alpha value is -2.08. The van der Waals surface area contributed by atoms with Crippen molar-refractivity contribution in [1.29, 1.82) is 0 Å². The highest BCUT2D eigenvalue weighted by Crippen LogP contribution is 2.28. The first-order chi connectivity index (χ1) is 12.5. The summed E-state index contributed by atoms with van der Waals surface area (Å²) in [5, 5.41) is 12.3. The summed E-state index contributed by atoms with van der Waals surface area (Å²) in [6, 6.07) is 4.84. The van der Waals surface area contributed by atoms with E-state index in [1.54, 1.807) is 23.1 Å². The molecule has 0 radical (unpaired) electrons. The van der Waals surface area contributed by atoms with Crippen LogP contribution in [0.1, 0.15) is 50.9 Å². The van der Waals surface area contributed by atoms with Gasteiger partial charge < -0.3 is 15.3 Å². The highest BCUT2D eigenvalue weighted by molar-refractivity contribution is 6.34. The van der Waals surface area contributed by atoms with Gasteiger partial charge in [0.25, 0.3) is 5.91 Å². The maximum atomic E-state index is 12.9. The molecule has 1 fully saturated rings. The van der Waals surface area contributed by atoms with Crippen LogP contribution in [-0.4, -0.2) is 40.9 Å². The molecule has 0 aromatic heterocycles. The number of piperidine rings is 1. The second kappa shape index (κ2) is 8.30. The number of carboxylic acid groups (broad SMARTS) is 1. The zero-order valence-electron chi connectivity index (χ0n) is 16.2. The van der Waals surface area contributed by atoms with E-state index < -0.39 is 11.9 Å². The van der Waals surface area contributed by atoms with Crippen LogP contribution >= 0.6 is 11.6 Å². The summed E-state index contributed by atoms with van der Waals surface area (Å²) in [7, 11) is 0. The SMILES string of the molecule is CC1CN(C(=O)c2cc(NC(=O)CC(C)(C)C)ccc2Cl)CCC1C(=O)O. The fourth-order valence-corrected chi connectivity index (χ4v) is 3.52. The molecule has 2 rings (SSSR count). The van der Waals surface area contributed by atoms with Crippen molar-refractivity contribution in [2.24, 2.45) is 17.3 Å². The molecule has 0 saturated carbocycles. The van der Waals surface area contributed by atoms with Gasteiger partial charge in [0.15, 0.2) is 0 Å². The molecular weight excluding hydrogens is 368 g/mol. The van der Waals surface area contributed by atoms with Gasteiger partial charge in [0, 0.05) is 25.2 Å². The Kier molecular flexibility index (Phi) is 6.52. The topological polar surface area (TPSA) is 86.7 Å². The molecule has 0 bridgehead atoms. The Bertz CT molecular complexity index is 742. The van der Waals surface area contributed by atoms with Gasteiger partial charge in [0.2, 0.25) is 5.91 Å². The maximum absolute atomic E-state index is 12.9. The number of carbonyl (C=O) groups excluding carboxylic acids is 2. The third kappa shape index (κ3) is 5.70. The van der Waals surface area contributed by atoms with E-state index in [0.717, 1.165) is 0 Å².